The number of carboxylic acids is 1. The van der Waals surface area contributed by atoms with Crippen LogP contribution in [0.2, 0.25) is 0 Å². The maximum absolute atomic E-state index is 13.6. The van der Waals surface area contributed by atoms with Gasteiger partial charge in [-0.25, -0.2) is 0 Å². The summed E-state index contributed by atoms with van der Waals surface area (Å²) in [7, 11) is 0. The Morgan fingerprint density at radius 2 is 1.87 bits per heavy atom. The topological polar surface area (TPSA) is 124 Å². The molecule has 0 bridgehead atoms. The quantitative estimate of drug-likeness (QED) is 0.512. The number of carbonyl (C=O) groups excluding carboxylic acids is 1. The number of carboxylic acid groups (broad SMARTS) is 1. The maximum atomic E-state index is 13.6. The zero-order chi connectivity index (χ0) is 23.0. The van der Waals surface area contributed by atoms with Crippen molar-refractivity contribution in [3.05, 3.63) is 24.3 Å². The lowest BCUT2D eigenvalue weighted by Crippen LogP contribution is -2.84. The highest BCUT2D eigenvalue weighted by Crippen LogP contribution is 2.66. The number of hydrogen-bond acceptors (Lipinski definition) is 6. The number of aliphatic hydroxyl groups excluding tert-OH is 1. The van der Waals surface area contributed by atoms with Crippen molar-refractivity contribution in [2.45, 2.75) is 95.2 Å². The van der Waals surface area contributed by atoms with Crippen LogP contribution in [0.15, 0.2) is 24.3 Å². The molecule has 7 nitrogen and oxygen atoms in total. The lowest BCUT2D eigenvalue weighted by molar-refractivity contribution is -0.326. The molecule has 1 saturated carbocycles. The molecule has 0 radical (unpaired) electrons. The molecular formula is C23H34O7. The number of hydrogen-bond donors (Lipinski definition) is 4. The molecule has 3 rings (SSSR count). The van der Waals surface area contributed by atoms with E-state index >= 15 is 0 Å². The largest absolute Gasteiger partial charge is 0.481 e. The first-order chi connectivity index (χ1) is 13.5. The summed E-state index contributed by atoms with van der Waals surface area (Å²) in [5.41, 5.74) is -8.66. The van der Waals surface area contributed by atoms with Crippen LogP contribution in [0.3, 0.4) is 0 Å². The van der Waals surface area contributed by atoms with Crippen LogP contribution in [0.1, 0.15) is 66.7 Å². The monoisotopic (exact) mass is 422 g/mol. The molecule has 2 fully saturated rings. The second-order valence-electron chi connectivity index (χ2n) is 10.5. The molecule has 1 aliphatic heterocycles. The smallest absolute Gasteiger partial charge is 0.303 e. The van der Waals surface area contributed by atoms with Gasteiger partial charge in [0.25, 0.3) is 0 Å². The fraction of sp³-hybridized carbons (Fsp3) is 0.739. The van der Waals surface area contributed by atoms with Gasteiger partial charge in [-0.2, -0.15) is 0 Å². The van der Waals surface area contributed by atoms with Crippen molar-refractivity contribution in [2.75, 3.05) is 0 Å². The molecule has 4 N–H and O–H groups in total. The zero-order valence-electron chi connectivity index (χ0n) is 18.5. The summed E-state index contributed by atoms with van der Waals surface area (Å²) in [6.07, 6.45) is 2.13. The predicted octanol–water partition coefficient (Wildman–Crippen LogP) is 2.13. The Labute approximate surface area is 177 Å². The van der Waals surface area contributed by atoms with Crippen molar-refractivity contribution < 1.29 is 34.8 Å². The second-order valence-corrected chi connectivity index (χ2v) is 10.5. The fourth-order valence-corrected chi connectivity index (χ4v) is 6.16. The summed E-state index contributed by atoms with van der Waals surface area (Å²) in [4.78, 5) is 25.0. The lowest BCUT2D eigenvalue weighted by atomic mass is 9.42. The molecule has 3 aliphatic rings. The van der Waals surface area contributed by atoms with Crippen LogP contribution in [0.4, 0.5) is 0 Å². The molecule has 168 valence electrons. The predicted molar refractivity (Wildman–Crippen MR) is 110 cm³/mol. The van der Waals surface area contributed by atoms with Crippen LogP contribution in [0.5, 0.6) is 0 Å². The van der Waals surface area contributed by atoms with Crippen molar-refractivity contribution in [3.63, 3.8) is 0 Å². The Balaban J connectivity index is 2.38. The third-order valence-corrected chi connectivity index (χ3v) is 8.15. The molecule has 0 aromatic carbocycles. The standard InChI is InChI=1S/C23H34O7/c1-7-19(4)13-16(25)23(29)20(5)14(18(2,3)10-8-15(20)24)12-22(28,11-9-17(26)27)21(23,6)30-19/h7,12,15,24,28-29H,1,8-11,13H2,2-6H3,(H,26,27)/t15-,19-,20+,21+,22-,23-/m0/s1. The van der Waals surface area contributed by atoms with E-state index < -0.39 is 51.1 Å². The normalized spacial score (nSPS) is 47.7. The van der Waals surface area contributed by atoms with Crippen molar-refractivity contribution in [1.29, 1.82) is 0 Å². The summed E-state index contributed by atoms with van der Waals surface area (Å²) in [6, 6.07) is 0. The highest BCUT2D eigenvalue weighted by molar-refractivity contribution is 5.93. The first-order valence-electron chi connectivity index (χ1n) is 10.5. The minimum atomic E-state index is -2.27. The number of Topliss-reactive ketones (excluding diaryl/α,β-unsaturated/α-hetero) is 1. The van der Waals surface area contributed by atoms with E-state index in [1.165, 1.54) is 13.0 Å². The van der Waals surface area contributed by atoms with Crippen molar-refractivity contribution in [1.82, 2.24) is 0 Å². The molecule has 0 aromatic heterocycles. The number of carbonyl (C=O) groups is 2. The van der Waals surface area contributed by atoms with Gasteiger partial charge in [-0.1, -0.05) is 25.5 Å². The Bertz CT molecular complexity index is 831. The van der Waals surface area contributed by atoms with Gasteiger partial charge in [-0.15, -0.1) is 6.58 Å². The van der Waals surface area contributed by atoms with E-state index in [2.05, 4.69) is 6.58 Å². The summed E-state index contributed by atoms with van der Waals surface area (Å²) >= 11 is 0. The molecule has 0 aromatic rings. The molecule has 2 aliphatic carbocycles. The average Bonchev–Trinajstić information content (AvgIpc) is 2.64. The van der Waals surface area contributed by atoms with Gasteiger partial charge in [0.05, 0.1) is 17.1 Å². The van der Waals surface area contributed by atoms with Gasteiger partial charge in [0.2, 0.25) is 0 Å². The van der Waals surface area contributed by atoms with Crippen LogP contribution < -0.4 is 0 Å². The molecule has 30 heavy (non-hydrogen) atoms. The average molecular weight is 423 g/mol. The van der Waals surface area contributed by atoms with E-state index in [0.29, 0.717) is 18.4 Å². The summed E-state index contributed by atoms with van der Waals surface area (Å²) in [5, 5.41) is 44.4. The number of aliphatic carboxylic acids is 1. The minimum absolute atomic E-state index is 0.173. The first-order valence-corrected chi connectivity index (χ1v) is 10.5. The molecule has 1 heterocycles. The van der Waals surface area contributed by atoms with Crippen molar-refractivity contribution in [3.8, 4) is 0 Å². The molecule has 0 amide bonds. The van der Waals surface area contributed by atoms with Crippen LogP contribution >= 0.6 is 0 Å². The van der Waals surface area contributed by atoms with Crippen molar-refractivity contribution >= 4 is 11.8 Å². The number of fused-ring (bicyclic) bond motifs is 3. The Morgan fingerprint density at radius 1 is 1.27 bits per heavy atom. The number of rotatable bonds is 4. The van der Waals surface area contributed by atoms with Crippen LogP contribution in [-0.2, 0) is 14.3 Å². The lowest BCUT2D eigenvalue weighted by Gasteiger charge is -2.69. The van der Waals surface area contributed by atoms with Crippen LogP contribution in [0, 0.1) is 10.8 Å². The molecule has 6 atom stereocenters. The van der Waals surface area contributed by atoms with Crippen molar-refractivity contribution in [2.24, 2.45) is 10.8 Å². The highest BCUT2D eigenvalue weighted by Gasteiger charge is 2.79. The Hall–Kier alpha value is -1.54. The maximum Gasteiger partial charge on any atom is 0.303 e. The van der Waals surface area contributed by atoms with E-state index in [4.69, 9.17) is 4.74 Å². The van der Waals surface area contributed by atoms with E-state index in [1.807, 2.05) is 13.8 Å². The van der Waals surface area contributed by atoms with Gasteiger partial charge in [0.1, 0.15) is 11.2 Å². The molecule has 0 spiro atoms. The molecule has 1 saturated heterocycles. The fourth-order valence-electron chi connectivity index (χ4n) is 6.16. The van der Waals surface area contributed by atoms with Crippen LogP contribution in [0.25, 0.3) is 0 Å². The Morgan fingerprint density at radius 3 is 2.40 bits per heavy atom. The third kappa shape index (κ3) is 2.65. The molecular weight excluding hydrogens is 388 g/mol. The van der Waals surface area contributed by atoms with E-state index in [9.17, 15) is 30.0 Å². The summed E-state index contributed by atoms with van der Waals surface area (Å²) in [5.74, 6) is -1.67. The van der Waals surface area contributed by atoms with Crippen LogP contribution in [-0.4, -0.2) is 60.7 Å². The first kappa shape index (κ1) is 23.1. The van der Waals surface area contributed by atoms with Gasteiger partial charge in [0.15, 0.2) is 11.4 Å². The number of aliphatic hydroxyl groups is 3. The van der Waals surface area contributed by atoms with Gasteiger partial charge >= 0.3 is 5.97 Å². The van der Waals surface area contributed by atoms with Gasteiger partial charge < -0.3 is 25.2 Å². The highest BCUT2D eigenvalue weighted by atomic mass is 16.6. The SMILES string of the molecule is C=C[C@@]1(C)CC(=O)[C@@]2(O)[C@](C)(O1)[C@](O)(CCC(=O)O)C=C1C(C)(C)CC[C@H](O)[C@@]12C. The zero-order valence-corrected chi connectivity index (χ0v) is 18.5. The van der Waals surface area contributed by atoms with E-state index in [-0.39, 0.29) is 19.3 Å². The number of ether oxygens (including phenoxy) is 1. The Kier molecular flexibility index (Phi) is 5.00. The third-order valence-electron chi connectivity index (χ3n) is 8.15. The number of ketones is 1. The molecule has 7 heteroatoms. The van der Waals surface area contributed by atoms with E-state index in [0.717, 1.165) is 0 Å². The molecule has 0 unspecified atom stereocenters. The summed E-state index contributed by atoms with van der Waals surface area (Å²) < 4.78 is 6.28. The summed E-state index contributed by atoms with van der Waals surface area (Å²) in [6.45, 7) is 12.4. The van der Waals surface area contributed by atoms with E-state index in [1.54, 1.807) is 19.9 Å². The van der Waals surface area contributed by atoms with Gasteiger partial charge in [-0.05, 0) is 51.5 Å². The van der Waals surface area contributed by atoms with Gasteiger partial charge in [-0.3, -0.25) is 9.59 Å². The minimum Gasteiger partial charge on any atom is -0.481 e. The second kappa shape index (κ2) is 6.48. The van der Waals surface area contributed by atoms with Gasteiger partial charge in [0, 0.05) is 12.8 Å².